The summed E-state index contributed by atoms with van der Waals surface area (Å²) in [7, 11) is 0. The Labute approximate surface area is 103 Å². The van der Waals surface area contributed by atoms with E-state index in [0.29, 0.717) is 18.4 Å². The fraction of sp³-hybridized carbons (Fsp3) is 0.600. The van der Waals surface area contributed by atoms with Crippen molar-refractivity contribution in [2.75, 3.05) is 6.54 Å². The van der Waals surface area contributed by atoms with Gasteiger partial charge < -0.3 is 5.73 Å². The fourth-order valence-corrected chi connectivity index (χ4v) is 3.16. The molecule has 1 nitrogen and oxygen atoms in total. The van der Waals surface area contributed by atoms with E-state index in [2.05, 4.69) is 6.92 Å². The van der Waals surface area contributed by atoms with Crippen molar-refractivity contribution in [2.45, 2.75) is 38.5 Å². The van der Waals surface area contributed by atoms with Crippen molar-refractivity contribution in [1.29, 1.82) is 0 Å². The molecule has 0 bridgehead atoms. The van der Waals surface area contributed by atoms with Crippen molar-refractivity contribution in [2.24, 2.45) is 17.6 Å². The molecule has 2 heteroatoms. The summed E-state index contributed by atoms with van der Waals surface area (Å²) in [6.07, 6.45) is 5.18. The third kappa shape index (κ3) is 3.06. The largest absolute Gasteiger partial charge is 0.330 e. The summed E-state index contributed by atoms with van der Waals surface area (Å²) in [6.45, 7) is 2.99. The second-order valence-electron chi connectivity index (χ2n) is 5.43. The lowest BCUT2D eigenvalue weighted by Gasteiger charge is -2.33. The van der Waals surface area contributed by atoms with Crippen molar-refractivity contribution in [1.82, 2.24) is 0 Å². The summed E-state index contributed by atoms with van der Waals surface area (Å²) in [4.78, 5) is 0. The highest BCUT2D eigenvalue weighted by atomic mass is 19.1. The summed E-state index contributed by atoms with van der Waals surface area (Å²) in [6, 6.07) is 6.88. The van der Waals surface area contributed by atoms with Crippen LogP contribution >= 0.6 is 0 Å². The van der Waals surface area contributed by atoms with E-state index in [9.17, 15) is 4.39 Å². The van der Waals surface area contributed by atoms with Gasteiger partial charge in [-0.15, -0.1) is 0 Å². The van der Waals surface area contributed by atoms with E-state index in [4.69, 9.17) is 5.73 Å². The van der Waals surface area contributed by atoms with Gasteiger partial charge in [0.05, 0.1) is 0 Å². The predicted octanol–water partition coefficient (Wildman–Crippen LogP) is 3.69. The third-order valence-electron chi connectivity index (χ3n) is 4.10. The SMILES string of the molecule is CC1CCCC(C(CN)c2ccc(F)cc2)C1. The van der Waals surface area contributed by atoms with Crippen molar-refractivity contribution < 1.29 is 4.39 Å². The molecule has 1 aromatic carbocycles. The summed E-state index contributed by atoms with van der Waals surface area (Å²) >= 11 is 0. The lowest BCUT2D eigenvalue weighted by atomic mass is 9.73. The molecule has 1 aliphatic rings. The minimum atomic E-state index is -0.165. The van der Waals surface area contributed by atoms with E-state index in [1.807, 2.05) is 12.1 Å². The molecule has 0 aromatic heterocycles. The zero-order valence-electron chi connectivity index (χ0n) is 10.5. The molecule has 1 aromatic rings. The van der Waals surface area contributed by atoms with Gasteiger partial charge in [-0.2, -0.15) is 0 Å². The van der Waals surface area contributed by atoms with Crippen LogP contribution in [0.3, 0.4) is 0 Å². The van der Waals surface area contributed by atoms with Gasteiger partial charge in [0.25, 0.3) is 0 Å². The molecule has 0 heterocycles. The molecule has 3 unspecified atom stereocenters. The number of nitrogens with two attached hydrogens (primary N) is 1. The van der Waals surface area contributed by atoms with E-state index in [1.165, 1.54) is 31.2 Å². The second-order valence-corrected chi connectivity index (χ2v) is 5.43. The van der Waals surface area contributed by atoms with Gasteiger partial charge in [-0.25, -0.2) is 4.39 Å². The van der Waals surface area contributed by atoms with E-state index >= 15 is 0 Å². The van der Waals surface area contributed by atoms with Crippen LogP contribution < -0.4 is 5.73 Å². The molecule has 94 valence electrons. The molecular formula is C15H22FN. The summed E-state index contributed by atoms with van der Waals surface area (Å²) in [5.41, 5.74) is 7.13. The first-order valence-corrected chi connectivity index (χ1v) is 6.66. The number of hydrogen-bond acceptors (Lipinski definition) is 1. The van der Waals surface area contributed by atoms with Crippen LogP contribution in [0, 0.1) is 17.7 Å². The van der Waals surface area contributed by atoms with Crippen LogP contribution in [0.4, 0.5) is 4.39 Å². The van der Waals surface area contributed by atoms with E-state index in [1.54, 1.807) is 12.1 Å². The Morgan fingerprint density at radius 2 is 2.00 bits per heavy atom. The van der Waals surface area contributed by atoms with Crippen molar-refractivity contribution >= 4 is 0 Å². The molecule has 0 radical (unpaired) electrons. The van der Waals surface area contributed by atoms with Crippen LogP contribution in [-0.2, 0) is 0 Å². The normalized spacial score (nSPS) is 26.8. The van der Waals surface area contributed by atoms with Gasteiger partial charge >= 0.3 is 0 Å². The van der Waals surface area contributed by atoms with Gasteiger partial charge in [0, 0.05) is 0 Å². The summed E-state index contributed by atoms with van der Waals surface area (Å²) < 4.78 is 12.9. The zero-order valence-corrected chi connectivity index (χ0v) is 10.5. The van der Waals surface area contributed by atoms with Crippen LogP contribution in [0.2, 0.25) is 0 Å². The molecule has 3 atom stereocenters. The van der Waals surface area contributed by atoms with Gasteiger partial charge in [0.1, 0.15) is 5.82 Å². The van der Waals surface area contributed by atoms with Crippen LogP contribution in [0.25, 0.3) is 0 Å². The van der Waals surface area contributed by atoms with Gasteiger partial charge in [0.15, 0.2) is 0 Å². The molecule has 0 amide bonds. The maximum atomic E-state index is 12.9. The van der Waals surface area contributed by atoms with Gasteiger partial charge in [-0.05, 0) is 54.8 Å². The molecule has 2 N–H and O–H groups in total. The summed E-state index contributed by atoms with van der Waals surface area (Å²) in [5, 5.41) is 0. The summed E-state index contributed by atoms with van der Waals surface area (Å²) in [5.74, 6) is 1.72. The van der Waals surface area contributed by atoms with E-state index < -0.39 is 0 Å². The lowest BCUT2D eigenvalue weighted by molar-refractivity contribution is 0.248. The van der Waals surface area contributed by atoms with Gasteiger partial charge in [-0.3, -0.25) is 0 Å². The maximum absolute atomic E-state index is 12.9. The average molecular weight is 235 g/mol. The van der Waals surface area contributed by atoms with Gasteiger partial charge in [-0.1, -0.05) is 31.9 Å². The smallest absolute Gasteiger partial charge is 0.123 e. The molecule has 1 fully saturated rings. The minimum absolute atomic E-state index is 0.165. The molecule has 0 saturated heterocycles. The molecule has 2 rings (SSSR count). The molecular weight excluding hydrogens is 213 g/mol. The Morgan fingerprint density at radius 3 is 2.59 bits per heavy atom. The quantitative estimate of drug-likeness (QED) is 0.849. The lowest BCUT2D eigenvalue weighted by Crippen LogP contribution is -2.26. The van der Waals surface area contributed by atoms with Gasteiger partial charge in [0.2, 0.25) is 0 Å². The number of halogens is 1. The third-order valence-corrected chi connectivity index (χ3v) is 4.10. The molecule has 0 aliphatic heterocycles. The Morgan fingerprint density at radius 1 is 1.29 bits per heavy atom. The van der Waals surface area contributed by atoms with E-state index in [-0.39, 0.29) is 5.82 Å². The molecule has 17 heavy (non-hydrogen) atoms. The average Bonchev–Trinajstić information content (AvgIpc) is 2.33. The monoisotopic (exact) mass is 235 g/mol. The second kappa shape index (κ2) is 5.63. The number of hydrogen-bond donors (Lipinski definition) is 1. The standard InChI is InChI=1S/C15H22FN/c1-11-3-2-4-13(9-11)15(10-17)12-5-7-14(16)8-6-12/h5-8,11,13,15H,2-4,9-10,17H2,1H3. The topological polar surface area (TPSA) is 26.0 Å². The molecule has 1 aliphatic carbocycles. The van der Waals surface area contributed by atoms with Crippen LogP contribution in [0.5, 0.6) is 0 Å². The van der Waals surface area contributed by atoms with Crippen molar-refractivity contribution in [3.8, 4) is 0 Å². The number of rotatable bonds is 3. The highest BCUT2D eigenvalue weighted by Crippen LogP contribution is 2.37. The number of benzene rings is 1. The van der Waals surface area contributed by atoms with Crippen molar-refractivity contribution in [3.05, 3.63) is 35.6 Å². The molecule has 0 spiro atoms. The Kier molecular flexibility index (Phi) is 4.16. The van der Waals surface area contributed by atoms with E-state index in [0.717, 1.165) is 5.92 Å². The van der Waals surface area contributed by atoms with Crippen LogP contribution in [0.1, 0.15) is 44.1 Å². The predicted molar refractivity (Wildman–Crippen MR) is 69.3 cm³/mol. The fourth-order valence-electron chi connectivity index (χ4n) is 3.16. The minimum Gasteiger partial charge on any atom is -0.330 e. The van der Waals surface area contributed by atoms with Crippen LogP contribution in [-0.4, -0.2) is 6.54 Å². The maximum Gasteiger partial charge on any atom is 0.123 e. The highest BCUT2D eigenvalue weighted by molar-refractivity contribution is 5.21. The van der Waals surface area contributed by atoms with Crippen molar-refractivity contribution in [3.63, 3.8) is 0 Å². The first-order valence-electron chi connectivity index (χ1n) is 6.66. The first-order chi connectivity index (χ1) is 8.20. The Hall–Kier alpha value is -0.890. The Bertz CT molecular complexity index is 346. The zero-order chi connectivity index (χ0) is 12.3. The highest BCUT2D eigenvalue weighted by Gasteiger charge is 2.26. The van der Waals surface area contributed by atoms with Crippen LogP contribution in [0.15, 0.2) is 24.3 Å². The first kappa shape index (κ1) is 12.6. The Balaban J connectivity index is 2.12. The molecule has 1 saturated carbocycles.